The molecule has 4 heteroatoms. The Kier molecular flexibility index (Phi) is 5.01. The second kappa shape index (κ2) is 5.07. The molecule has 0 fully saturated rings. The van der Waals surface area contributed by atoms with Crippen LogP contribution >= 0.6 is 0 Å². The molecule has 0 aliphatic carbocycles. The summed E-state index contributed by atoms with van der Waals surface area (Å²) in [4.78, 5) is 0. The highest BCUT2D eigenvalue weighted by Gasteiger charge is 2.22. The van der Waals surface area contributed by atoms with Crippen molar-refractivity contribution < 1.29 is 10.2 Å². The maximum absolute atomic E-state index is 9.58. The van der Waals surface area contributed by atoms with Gasteiger partial charge in [-0.3, -0.25) is 10.6 Å². The lowest BCUT2D eigenvalue weighted by Crippen LogP contribution is -2.57. The molecule has 14 heavy (non-hydrogen) atoms. The van der Waals surface area contributed by atoms with Crippen molar-refractivity contribution in [3.05, 3.63) is 0 Å². The summed E-state index contributed by atoms with van der Waals surface area (Å²) in [7, 11) is 0. The molecule has 0 amide bonds. The first kappa shape index (κ1) is 13.8. The second-order valence-electron chi connectivity index (χ2n) is 4.75. The van der Waals surface area contributed by atoms with Crippen molar-refractivity contribution in [3.8, 4) is 0 Å². The highest BCUT2D eigenvalue weighted by molar-refractivity contribution is 4.75. The van der Waals surface area contributed by atoms with Gasteiger partial charge in [-0.2, -0.15) is 0 Å². The minimum Gasteiger partial charge on any atom is -0.376 e. The molecule has 0 aliphatic rings. The quantitative estimate of drug-likeness (QED) is 0.482. The van der Waals surface area contributed by atoms with Crippen molar-refractivity contribution in [2.75, 3.05) is 0 Å². The minimum atomic E-state index is -0.932. The fourth-order valence-corrected chi connectivity index (χ4v) is 1.32. The van der Waals surface area contributed by atoms with Gasteiger partial charge < -0.3 is 10.2 Å². The molecule has 0 aromatic heterocycles. The first-order valence-electron chi connectivity index (χ1n) is 5.14. The number of nitrogens with one attached hydrogen (secondary N) is 2. The van der Waals surface area contributed by atoms with Gasteiger partial charge in [0.1, 0.15) is 11.4 Å². The Balaban J connectivity index is 4.16. The summed E-state index contributed by atoms with van der Waals surface area (Å²) < 4.78 is 0. The number of rotatable bonds is 6. The Morgan fingerprint density at radius 2 is 1.36 bits per heavy atom. The van der Waals surface area contributed by atoms with Crippen molar-refractivity contribution >= 4 is 0 Å². The summed E-state index contributed by atoms with van der Waals surface area (Å²) in [6.45, 7) is 8.79. The van der Waals surface area contributed by atoms with E-state index in [1.807, 2.05) is 0 Å². The zero-order valence-electron chi connectivity index (χ0n) is 9.89. The lowest BCUT2D eigenvalue weighted by Gasteiger charge is -2.32. The third kappa shape index (κ3) is 8.44. The molecule has 0 rings (SSSR count). The van der Waals surface area contributed by atoms with Gasteiger partial charge in [-0.25, -0.2) is 0 Å². The molecular weight excluding hydrogens is 180 g/mol. The van der Waals surface area contributed by atoms with Crippen LogP contribution in [-0.4, -0.2) is 27.8 Å². The summed E-state index contributed by atoms with van der Waals surface area (Å²) in [6.07, 6.45) is 1.75. The fraction of sp³-hybridized carbons (Fsp3) is 1.00. The number of hydrogen-bond donors (Lipinski definition) is 4. The molecule has 0 spiro atoms. The molecule has 0 aliphatic heterocycles. The Morgan fingerprint density at radius 1 is 1.00 bits per heavy atom. The van der Waals surface area contributed by atoms with Crippen molar-refractivity contribution in [1.82, 2.24) is 10.6 Å². The van der Waals surface area contributed by atoms with Gasteiger partial charge in [-0.15, -0.1) is 0 Å². The van der Waals surface area contributed by atoms with Gasteiger partial charge in [-0.1, -0.05) is 13.3 Å². The van der Waals surface area contributed by atoms with E-state index in [-0.39, 0.29) is 6.17 Å². The van der Waals surface area contributed by atoms with Gasteiger partial charge in [-0.05, 0) is 34.1 Å². The van der Waals surface area contributed by atoms with Gasteiger partial charge in [0.15, 0.2) is 0 Å². The van der Waals surface area contributed by atoms with Crippen molar-refractivity contribution in [2.45, 2.75) is 65.1 Å². The van der Waals surface area contributed by atoms with Gasteiger partial charge in [0, 0.05) is 0 Å². The van der Waals surface area contributed by atoms with Crippen LogP contribution in [0.5, 0.6) is 0 Å². The molecule has 0 saturated heterocycles. The summed E-state index contributed by atoms with van der Waals surface area (Å²) >= 11 is 0. The van der Waals surface area contributed by atoms with E-state index in [9.17, 15) is 10.2 Å². The Morgan fingerprint density at radius 3 is 1.57 bits per heavy atom. The van der Waals surface area contributed by atoms with Crippen LogP contribution in [0, 0.1) is 0 Å². The van der Waals surface area contributed by atoms with Gasteiger partial charge in [0.05, 0.1) is 6.17 Å². The minimum absolute atomic E-state index is 0.0833. The summed E-state index contributed by atoms with van der Waals surface area (Å²) in [5.41, 5.74) is -1.86. The van der Waals surface area contributed by atoms with Gasteiger partial charge in [0.2, 0.25) is 0 Å². The van der Waals surface area contributed by atoms with Crippen LogP contribution in [0.1, 0.15) is 47.5 Å². The average Bonchev–Trinajstić information content (AvgIpc) is 1.78. The molecule has 0 aromatic carbocycles. The Bertz CT molecular complexity index is 142. The molecule has 4 N–H and O–H groups in total. The summed E-state index contributed by atoms with van der Waals surface area (Å²) in [5, 5.41) is 25.2. The SMILES string of the molecule is CCCC(NC(C)(C)O)NC(C)(C)O. The van der Waals surface area contributed by atoms with Gasteiger partial charge in [0.25, 0.3) is 0 Å². The van der Waals surface area contributed by atoms with E-state index < -0.39 is 11.4 Å². The van der Waals surface area contributed by atoms with Crippen LogP contribution in [0.25, 0.3) is 0 Å². The molecule has 0 radical (unpaired) electrons. The number of aliphatic hydroxyl groups is 2. The van der Waals surface area contributed by atoms with Crippen LogP contribution in [0.3, 0.4) is 0 Å². The van der Waals surface area contributed by atoms with Crippen LogP contribution in [0.15, 0.2) is 0 Å². The predicted octanol–water partition coefficient (Wildman–Crippen LogP) is 0.749. The third-order valence-corrected chi connectivity index (χ3v) is 1.63. The topological polar surface area (TPSA) is 64.5 Å². The summed E-state index contributed by atoms with van der Waals surface area (Å²) in [5.74, 6) is 0. The predicted molar refractivity (Wildman–Crippen MR) is 57.6 cm³/mol. The molecular formula is C10H24N2O2. The van der Waals surface area contributed by atoms with E-state index in [1.54, 1.807) is 27.7 Å². The molecule has 0 saturated carbocycles. The zero-order valence-corrected chi connectivity index (χ0v) is 9.89. The molecule has 0 aromatic rings. The third-order valence-electron chi connectivity index (χ3n) is 1.63. The van der Waals surface area contributed by atoms with Gasteiger partial charge >= 0.3 is 0 Å². The Hall–Kier alpha value is -0.160. The smallest absolute Gasteiger partial charge is 0.111 e. The van der Waals surface area contributed by atoms with E-state index in [0.717, 1.165) is 12.8 Å². The molecule has 0 unspecified atom stereocenters. The molecule has 4 nitrogen and oxygen atoms in total. The van der Waals surface area contributed by atoms with E-state index in [0.29, 0.717) is 0 Å². The lowest BCUT2D eigenvalue weighted by atomic mass is 10.2. The first-order chi connectivity index (χ1) is 6.14. The highest BCUT2D eigenvalue weighted by atomic mass is 16.3. The van der Waals surface area contributed by atoms with E-state index in [1.165, 1.54) is 0 Å². The van der Waals surface area contributed by atoms with Crippen molar-refractivity contribution in [2.24, 2.45) is 0 Å². The molecule has 0 heterocycles. The van der Waals surface area contributed by atoms with Crippen molar-refractivity contribution in [1.29, 1.82) is 0 Å². The largest absolute Gasteiger partial charge is 0.376 e. The second-order valence-corrected chi connectivity index (χ2v) is 4.75. The maximum atomic E-state index is 9.58. The van der Waals surface area contributed by atoms with E-state index in [2.05, 4.69) is 17.6 Å². The van der Waals surface area contributed by atoms with Crippen LogP contribution in [0.4, 0.5) is 0 Å². The van der Waals surface area contributed by atoms with Crippen molar-refractivity contribution in [3.63, 3.8) is 0 Å². The van der Waals surface area contributed by atoms with E-state index >= 15 is 0 Å². The standard InChI is InChI=1S/C10H24N2O2/c1-6-7-8(11-9(2,3)13)12-10(4,5)14/h8,11-14H,6-7H2,1-5H3. The highest BCUT2D eigenvalue weighted by Crippen LogP contribution is 2.05. The molecule has 0 atom stereocenters. The molecule has 0 bridgehead atoms. The fourth-order valence-electron chi connectivity index (χ4n) is 1.32. The van der Waals surface area contributed by atoms with Crippen LogP contribution in [0.2, 0.25) is 0 Å². The summed E-state index contributed by atoms with van der Waals surface area (Å²) in [6, 6.07) is 0. The monoisotopic (exact) mass is 204 g/mol. The number of hydrogen-bond acceptors (Lipinski definition) is 4. The van der Waals surface area contributed by atoms with Crippen LogP contribution in [-0.2, 0) is 0 Å². The maximum Gasteiger partial charge on any atom is 0.111 e. The average molecular weight is 204 g/mol. The normalized spacial score (nSPS) is 13.7. The van der Waals surface area contributed by atoms with Crippen LogP contribution < -0.4 is 10.6 Å². The lowest BCUT2D eigenvalue weighted by molar-refractivity contribution is -0.0152. The van der Waals surface area contributed by atoms with E-state index in [4.69, 9.17) is 0 Å². The molecule has 86 valence electrons. The Labute approximate surface area is 86.7 Å². The zero-order chi connectivity index (χ0) is 11.4. The first-order valence-corrected chi connectivity index (χ1v) is 5.14.